The number of ether oxygens (including phenoxy) is 1. The summed E-state index contributed by atoms with van der Waals surface area (Å²) >= 11 is 1.36. The minimum atomic E-state index is -3.73. The maximum Gasteiger partial charge on any atom is 0.312 e. The summed E-state index contributed by atoms with van der Waals surface area (Å²) in [5, 5.41) is 4.61. The summed E-state index contributed by atoms with van der Waals surface area (Å²) in [5.41, 5.74) is 0.626. The third-order valence-electron chi connectivity index (χ3n) is 3.43. The zero-order chi connectivity index (χ0) is 19.1. The highest BCUT2D eigenvalue weighted by Gasteiger charge is 2.13. The van der Waals surface area contributed by atoms with Gasteiger partial charge in [0.25, 0.3) is 5.91 Å². The lowest BCUT2D eigenvalue weighted by molar-refractivity contribution is 0.103. The number of nitrogens with one attached hydrogen (secondary N) is 1. The van der Waals surface area contributed by atoms with Crippen molar-refractivity contribution in [3.63, 3.8) is 0 Å². The summed E-state index contributed by atoms with van der Waals surface area (Å²) in [6.45, 7) is -0.0456. The topological polar surface area (TPSA) is 81.7 Å². The number of para-hydroxylation sites is 1. The van der Waals surface area contributed by atoms with E-state index >= 15 is 0 Å². The van der Waals surface area contributed by atoms with Crippen LogP contribution < -0.4 is 14.2 Å². The molecule has 0 spiro atoms. The quantitative estimate of drug-likeness (QED) is 0.579. The molecule has 1 heterocycles. The van der Waals surface area contributed by atoms with Crippen molar-refractivity contribution in [2.75, 3.05) is 17.7 Å². The van der Waals surface area contributed by atoms with Gasteiger partial charge in [0, 0.05) is 5.69 Å². The number of hydrogen-bond donors (Lipinski definition) is 1. The van der Waals surface area contributed by atoms with E-state index in [9.17, 15) is 13.2 Å². The average molecular weight is 403 g/mol. The first-order valence-electron chi connectivity index (χ1n) is 8.07. The van der Waals surface area contributed by atoms with Gasteiger partial charge in [-0.15, -0.1) is 11.3 Å². The van der Waals surface area contributed by atoms with Gasteiger partial charge in [-0.1, -0.05) is 24.3 Å². The van der Waals surface area contributed by atoms with Crippen LogP contribution in [0.4, 0.5) is 5.69 Å². The van der Waals surface area contributed by atoms with Crippen LogP contribution in [0.25, 0.3) is 0 Å². The van der Waals surface area contributed by atoms with Crippen LogP contribution in [0.5, 0.6) is 11.5 Å². The number of amides is 1. The van der Waals surface area contributed by atoms with Gasteiger partial charge in [0.2, 0.25) is 0 Å². The molecule has 0 aliphatic heterocycles. The van der Waals surface area contributed by atoms with E-state index in [1.807, 2.05) is 11.4 Å². The molecule has 0 radical (unpaired) electrons. The van der Waals surface area contributed by atoms with Crippen molar-refractivity contribution in [2.45, 2.75) is 0 Å². The van der Waals surface area contributed by atoms with Gasteiger partial charge in [0.1, 0.15) is 23.9 Å². The minimum absolute atomic E-state index is 0.0456. The molecule has 8 heteroatoms. The zero-order valence-electron chi connectivity index (χ0n) is 14.2. The number of carbonyl (C=O) groups excluding carboxylic acids is 1. The molecule has 0 aliphatic carbocycles. The van der Waals surface area contributed by atoms with Crippen LogP contribution in [0, 0.1) is 0 Å². The number of benzene rings is 2. The normalized spacial score (nSPS) is 11.0. The monoisotopic (exact) mass is 403 g/mol. The molecule has 0 saturated carbocycles. The average Bonchev–Trinajstić information content (AvgIpc) is 3.18. The second kappa shape index (κ2) is 8.70. The second-order valence-electron chi connectivity index (χ2n) is 5.46. The largest absolute Gasteiger partial charge is 0.492 e. The molecule has 0 bridgehead atoms. The van der Waals surface area contributed by atoms with E-state index in [1.165, 1.54) is 11.3 Å². The van der Waals surface area contributed by atoms with E-state index in [4.69, 9.17) is 8.92 Å². The van der Waals surface area contributed by atoms with Crippen molar-refractivity contribution < 1.29 is 22.1 Å². The van der Waals surface area contributed by atoms with Crippen molar-refractivity contribution in [1.29, 1.82) is 0 Å². The highest BCUT2D eigenvalue weighted by Crippen LogP contribution is 2.18. The fourth-order valence-corrected chi connectivity index (χ4v) is 3.55. The SMILES string of the molecule is O=C(Nc1ccc(OCCS(=O)(=O)Oc2ccccc2)cc1)c1cccs1. The van der Waals surface area contributed by atoms with Gasteiger partial charge in [-0.3, -0.25) is 4.79 Å². The summed E-state index contributed by atoms with van der Waals surface area (Å²) in [5.74, 6) is 0.309. The Morgan fingerprint density at radius 3 is 2.33 bits per heavy atom. The van der Waals surface area contributed by atoms with Gasteiger partial charge < -0.3 is 14.2 Å². The predicted molar refractivity (Wildman–Crippen MR) is 105 cm³/mol. The van der Waals surface area contributed by atoms with E-state index < -0.39 is 10.1 Å². The van der Waals surface area contributed by atoms with E-state index in [0.717, 1.165) is 0 Å². The molecule has 1 amide bonds. The highest BCUT2D eigenvalue weighted by atomic mass is 32.2. The summed E-state index contributed by atoms with van der Waals surface area (Å²) in [6.07, 6.45) is 0. The third-order valence-corrected chi connectivity index (χ3v) is 5.41. The molecule has 0 unspecified atom stereocenters. The lowest BCUT2D eigenvalue weighted by Crippen LogP contribution is -2.19. The number of rotatable bonds is 8. The molecule has 0 fully saturated rings. The van der Waals surface area contributed by atoms with Crippen LogP contribution in [0.15, 0.2) is 72.1 Å². The fraction of sp³-hybridized carbons (Fsp3) is 0.105. The molecule has 0 atom stereocenters. The highest BCUT2D eigenvalue weighted by molar-refractivity contribution is 7.87. The maximum absolute atomic E-state index is 12.0. The third kappa shape index (κ3) is 5.83. The van der Waals surface area contributed by atoms with Gasteiger partial charge in [0.05, 0.1) is 4.88 Å². The molecule has 140 valence electrons. The van der Waals surface area contributed by atoms with E-state index in [1.54, 1.807) is 60.7 Å². The standard InChI is InChI=1S/C19H17NO5S2/c21-19(18-7-4-13-26-18)20-15-8-10-16(11-9-15)24-12-14-27(22,23)25-17-5-2-1-3-6-17/h1-11,13H,12,14H2,(H,20,21). The Hall–Kier alpha value is -2.84. The van der Waals surface area contributed by atoms with Crippen LogP contribution in [0.1, 0.15) is 9.67 Å². The lowest BCUT2D eigenvalue weighted by atomic mass is 10.3. The molecule has 1 N–H and O–H groups in total. The van der Waals surface area contributed by atoms with Gasteiger partial charge in [-0.05, 0) is 47.8 Å². The molecule has 3 rings (SSSR count). The van der Waals surface area contributed by atoms with Gasteiger partial charge >= 0.3 is 10.1 Å². The number of carbonyl (C=O) groups is 1. The molecule has 6 nitrogen and oxygen atoms in total. The zero-order valence-corrected chi connectivity index (χ0v) is 15.8. The summed E-state index contributed by atoms with van der Waals surface area (Å²) < 4.78 is 34.3. The van der Waals surface area contributed by atoms with Crippen LogP contribution in [0.2, 0.25) is 0 Å². The van der Waals surface area contributed by atoms with Gasteiger partial charge in [0.15, 0.2) is 0 Å². The van der Waals surface area contributed by atoms with Gasteiger partial charge in [-0.25, -0.2) is 0 Å². The maximum atomic E-state index is 12.0. The Kier molecular flexibility index (Phi) is 6.10. The number of anilines is 1. The lowest BCUT2D eigenvalue weighted by Gasteiger charge is -2.09. The van der Waals surface area contributed by atoms with Gasteiger partial charge in [-0.2, -0.15) is 8.42 Å². The molecular formula is C19H17NO5S2. The van der Waals surface area contributed by atoms with Crippen molar-refractivity contribution in [3.05, 3.63) is 77.0 Å². The first kappa shape index (κ1) is 18.9. The molecule has 3 aromatic rings. The second-order valence-corrected chi connectivity index (χ2v) is 8.10. The summed E-state index contributed by atoms with van der Waals surface area (Å²) in [7, 11) is -3.73. The summed E-state index contributed by atoms with van der Waals surface area (Å²) in [4.78, 5) is 12.6. The molecule has 0 saturated heterocycles. The Labute approximate surface area is 161 Å². The number of thiophene rings is 1. The first-order chi connectivity index (χ1) is 13.0. The molecule has 0 aliphatic rings. The smallest absolute Gasteiger partial charge is 0.312 e. The molecule has 1 aromatic heterocycles. The Bertz CT molecular complexity index is 969. The molecular weight excluding hydrogens is 386 g/mol. The van der Waals surface area contributed by atoms with E-state index in [2.05, 4.69) is 5.32 Å². The Morgan fingerprint density at radius 2 is 1.67 bits per heavy atom. The molecule has 27 heavy (non-hydrogen) atoms. The Morgan fingerprint density at radius 1 is 0.926 bits per heavy atom. The van der Waals surface area contributed by atoms with E-state index in [0.29, 0.717) is 16.3 Å². The first-order valence-corrected chi connectivity index (χ1v) is 10.5. The minimum Gasteiger partial charge on any atom is -0.492 e. The van der Waals surface area contributed by atoms with Crippen molar-refractivity contribution >= 4 is 33.0 Å². The van der Waals surface area contributed by atoms with Crippen molar-refractivity contribution in [2.24, 2.45) is 0 Å². The summed E-state index contributed by atoms with van der Waals surface area (Å²) in [6, 6.07) is 18.6. The van der Waals surface area contributed by atoms with Crippen LogP contribution in [-0.2, 0) is 10.1 Å². The predicted octanol–water partition coefficient (Wildman–Crippen LogP) is 3.79. The molecule has 2 aromatic carbocycles. The van der Waals surface area contributed by atoms with Crippen LogP contribution in [-0.4, -0.2) is 26.7 Å². The van der Waals surface area contributed by atoms with Crippen LogP contribution >= 0.6 is 11.3 Å². The Balaban J connectivity index is 1.48. The van der Waals surface area contributed by atoms with Crippen LogP contribution in [0.3, 0.4) is 0 Å². The van der Waals surface area contributed by atoms with Crippen molar-refractivity contribution in [1.82, 2.24) is 0 Å². The fourth-order valence-electron chi connectivity index (χ4n) is 2.16. The van der Waals surface area contributed by atoms with E-state index in [-0.39, 0.29) is 24.0 Å². The van der Waals surface area contributed by atoms with Crippen molar-refractivity contribution in [3.8, 4) is 11.5 Å². The number of hydrogen-bond acceptors (Lipinski definition) is 6.